The SMILES string of the molecule is N#CCC(Cc1ccccc1)N1CCC(O)CCC1=O. The van der Waals surface area contributed by atoms with E-state index in [1.165, 1.54) is 0 Å². The van der Waals surface area contributed by atoms with Gasteiger partial charge in [-0.2, -0.15) is 5.26 Å². The van der Waals surface area contributed by atoms with E-state index in [-0.39, 0.29) is 11.9 Å². The molecule has 2 atom stereocenters. The smallest absolute Gasteiger partial charge is 0.222 e. The van der Waals surface area contributed by atoms with Gasteiger partial charge in [0.05, 0.1) is 18.6 Å². The number of likely N-dealkylation sites (tertiary alicyclic amines) is 1. The van der Waals surface area contributed by atoms with Crippen LogP contribution in [0.25, 0.3) is 0 Å². The molecule has 1 aliphatic rings. The predicted molar refractivity (Wildman–Crippen MR) is 75.7 cm³/mol. The number of aliphatic hydroxyl groups is 1. The Morgan fingerprint density at radius 3 is 2.80 bits per heavy atom. The lowest BCUT2D eigenvalue weighted by molar-refractivity contribution is -0.132. The van der Waals surface area contributed by atoms with E-state index < -0.39 is 6.10 Å². The second kappa shape index (κ2) is 7.06. The van der Waals surface area contributed by atoms with E-state index in [4.69, 9.17) is 5.26 Å². The molecule has 0 aliphatic carbocycles. The van der Waals surface area contributed by atoms with Crippen molar-refractivity contribution in [1.29, 1.82) is 5.26 Å². The number of carbonyl (C=O) groups is 1. The summed E-state index contributed by atoms with van der Waals surface area (Å²) in [5.74, 6) is 0.0535. The van der Waals surface area contributed by atoms with Gasteiger partial charge in [0.15, 0.2) is 0 Å². The number of nitrogens with zero attached hydrogens (tertiary/aromatic N) is 2. The van der Waals surface area contributed by atoms with Crippen LogP contribution in [0.5, 0.6) is 0 Å². The first-order valence-corrected chi connectivity index (χ1v) is 7.09. The van der Waals surface area contributed by atoms with E-state index >= 15 is 0 Å². The fourth-order valence-corrected chi connectivity index (χ4v) is 2.66. The molecule has 2 unspecified atom stereocenters. The van der Waals surface area contributed by atoms with Crippen molar-refractivity contribution in [3.8, 4) is 6.07 Å². The van der Waals surface area contributed by atoms with Crippen LogP contribution < -0.4 is 0 Å². The fourth-order valence-electron chi connectivity index (χ4n) is 2.66. The van der Waals surface area contributed by atoms with Gasteiger partial charge in [-0.3, -0.25) is 4.79 Å². The van der Waals surface area contributed by atoms with Crippen LogP contribution in [-0.4, -0.2) is 34.6 Å². The second-order valence-corrected chi connectivity index (χ2v) is 5.27. The Morgan fingerprint density at radius 2 is 2.10 bits per heavy atom. The molecule has 1 N–H and O–H groups in total. The summed E-state index contributed by atoms with van der Waals surface area (Å²) in [6.45, 7) is 0.541. The summed E-state index contributed by atoms with van der Waals surface area (Å²) in [6, 6.07) is 12.0. The van der Waals surface area contributed by atoms with Crippen LogP contribution in [0.1, 0.15) is 31.2 Å². The first-order valence-electron chi connectivity index (χ1n) is 7.09. The Bertz CT molecular complexity index is 481. The highest BCUT2D eigenvalue weighted by molar-refractivity contribution is 5.77. The predicted octanol–water partition coefficient (Wildman–Crippen LogP) is 1.88. The maximum atomic E-state index is 12.2. The van der Waals surface area contributed by atoms with Gasteiger partial charge < -0.3 is 10.0 Å². The number of nitriles is 1. The normalized spacial score (nSPS) is 21.1. The molecule has 1 aliphatic heterocycles. The van der Waals surface area contributed by atoms with Crippen LogP contribution in [-0.2, 0) is 11.2 Å². The largest absolute Gasteiger partial charge is 0.393 e. The van der Waals surface area contributed by atoms with Crippen molar-refractivity contribution in [3.63, 3.8) is 0 Å². The maximum Gasteiger partial charge on any atom is 0.222 e. The third-order valence-corrected chi connectivity index (χ3v) is 3.80. The Hall–Kier alpha value is -1.86. The van der Waals surface area contributed by atoms with Gasteiger partial charge in [0.2, 0.25) is 5.91 Å². The van der Waals surface area contributed by atoms with Crippen molar-refractivity contribution in [2.45, 2.75) is 44.2 Å². The minimum Gasteiger partial charge on any atom is -0.393 e. The lowest BCUT2D eigenvalue weighted by Crippen LogP contribution is -2.41. The van der Waals surface area contributed by atoms with E-state index in [1.807, 2.05) is 30.3 Å². The lowest BCUT2D eigenvalue weighted by atomic mass is 10.0. The number of hydrogen-bond acceptors (Lipinski definition) is 3. The monoisotopic (exact) mass is 272 g/mol. The van der Waals surface area contributed by atoms with Crippen molar-refractivity contribution in [2.75, 3.05) is 6.54 Å². The summed E-state index contributed by atoms with van der Waals surface area (Å²) in [4.78, 5) is 14.0. The molecule has 1 fully saturated rings. The Labute approximate surface area is 119 Å². The summed E-state index contributed by atoms with van der Waals surface area (Å²) in [5.41, 5.74) is 1.13. The average molecular weight is 272 g/mol. The minimum atomic E-state index is -0.400. The van der Waals surface area contributed by atoms with Gasteiger partial charge in [0.1, 0.15) is 0 Å². The van der Waals surface area contributed by atoms with Crippen molar-refractivity contribution in [1.82, 2.24) is 4.90 Å². The molecule has 1 aromatic rings. The number of rotatable bonds is 4. The Balaban J connectivity index is 2.11. The molecule has 0 spiro atoms. The van der Waals surface area contributed by atoms with Gasteiger partial charge in [-0.1, -0.05) is 30.3 Å². The molecule has 0 radical (unpaired) electrons. The summed E-state index contributed by atoms with van der Waals surface area (Å²) in [5, 5.41) is 18.7. The van der Waals surface area contributed by atoms with Crippen molar-refractivity contribution in [3.05, 3.63) is 35.9 Å². The van der Waals surface area contributed by atoms with E-state index in [0.29, 0.717) is 38.6 Å². The van der Waals surface area contributed by atoms with Crippen LogP contribution >= 0.6 is 0 Å². The zero-order valence-electron chi connectivity index (χ0n) is 11.5. The molecule has 20 heavy (non-hydrogen) atoms. The summed E-state index contributed by atoms with van der Waals surface area (Å²) < 4.78 is 0. The third-order valence-electron chi connectivity index (χ3n) is 3.80. The zero-order chi connectivity index (χ0) is 14.4. The third kappa shape index (κ3) is 3.82. The number of amides is 1. The molecule has 4 heteroatoms. The van der Waals surface area contributed by atoms with Crippen LogP contribution in [0, 0.1) is 11.3 Å². The molecule has 1 amide bonds. The molecule has 1 saturated heterocycles. The molecular formula is C16H20N2O2. The zero-order valence-corrected chi connectivity index (χ0v) is 11.5. The van der Waals surface area contributed by atoms with Crippen molar-refractivity contribution < 1.29 is 9.90 Å². The maximum absolute atomic E-state index is 12.2. The molecular weight excluding hydrogens is 252 g/mol. The van der Waals surface area contributed by atoms with Crippen LogP contribution in [0.3, 0.4) is 0 Å². The van der Waals surface area contributed by atoms with Gasteiger partial charge in [-0.05, 0) is 24.8 Å². The average Bonchev–Trinajstić information content (AvgIpc) is 2.62. The van der Waals surface area contributed by atoms with E-state index in [2.05, 4.69) is 6.07 Å². The van der Waals surface area contributed by atoms with E-state index in [0.717, 1.165) is 5.56 Å². The van der Waals surface area contributed by atoms with Crippen LogP contribution in [0.2, 0.25) is 0 Å². The van der Waals surface area contributed by atoms with Gasteiger partial charge >= 0.3 is 0 Å². The van der Waals surface area contributed by atoms with Gasteiger partial charge in [0, 0.05) is 19.0 Å². The summed E-state index contributed by atoms with van der Waals surface area (Å²) in [6.07, 6.45) is 2.12. The number of aliphatic hydroxyl groups excluding tert-OH is 1. The second-order valence-electron chi connectivity index (χ2n) is 5.27. The first kappa shape index (κ1) is 14.5. The summed E-state index contributed by atoms with van der Waals surface area (Å²) >= 11 is 0. The topological polar surface area (TPSA) is 64.3 Å². The van der Waals surface area contributed by atoms with Crippen LogP contribution in [0.15, 0.2) is 30.3 Å². The van der Waals surface area contributed by atoms with E-state index in [9.17, 15) is 9.90 Å². The van der Waals surface area contributed by atoms with Crippen LogP contribution in [0.4, 0.5) is 0 Å². The molecule has 0 saturated carbocycles. The first-order chi connectivity index (χ1) is 9.70. The van der Waals surface area contributed by atoms with Gasteiger partial charge in [0.25, 0.3) is 0 Å². The molecule has 4 nitrogen and oxygen atoms in total. The molecule has 0 aromatic heterocycles. The number of hydrogen-bond donors (Lipinski definition) is 1. The minimum absolute atomic E-state index is 0.0535. The fraction of sp³-hybridized carbons (Fsp3) is 0.500. The van der Waals surface area contributed by atoms with E-state index in [1.54, 1.807) is 4.90 Å². The Kier molecular flexibility index (Phi) is 5.14. The molecule has 0 bridgehead atoms. The Morgan fingerprint density at radius 1 is 1.35 bits per heavy atom. The number of carbonyl (C=O) groups excluding carboxylic acids is 1. The molecule has 1 heterocycles. The highest BCUT2D eigenvalue weighted by Crippen LogP contribution is 2.19. The standard InChI is InChI=1S/C16H20N2O2/c17-10-8-14(12-13-4-2-1-3-5-13)18-11-9-15(19)6-7-16(18)20/h1-5,14-15,19H,6-9,11-12H2. The van der Waals surface area contributed by atoms with Crippen molar-refractivity contribution in [2.24, 2.45) is 0 Å². The number of benzene rings is 1. The highest BCUT2D eigenvalue weighted by Gasteiger charge is 2.27. The van der Waals surface area contributed by atoms with Gasteiger partial charge in [-0.25, -0.2) is 0 Å². The summed E-state index contributed by atoms with van der Waals surface area (Å²) in [7, 11) is 0. The van der Waals surface area contributed by atoms with Crippen molar-refractivity contribution >= 4 is 5.91 Å². The molecule has 2 rings (SSSR count). The highest BCUT2D eigenvalue weighted by atomic mass is 16.3. The molecule has 1 aromatic carbocycles. The lowest BCUT2D eigenvalue weighted by Gasteiger charge is -2.29. The molecule has 106 valence electrons. The quantitative estimate of drug-likeness (QED) is 0.910. The van der Waals surface area contributed by atoms with Gasteiger partial charge in [-0.15, -0.1) is 0 Å².